The average Bonchev–Trinajstić information content (AvgIpc) is 2.60. The van der Waals surface area contributed by atoms with E-state index in [1.54, 1.807) is 25.1 Å². The van der Waals surface area contributed by atoms with Crippen LogP contribution in [0, 0.1) is 0 Å². The van der Waals surface area contributed by atoms with E-state index >= 15 is 0 Å². The van der Waals surface area contributed by atoms with E-state index in [0.717, 1.165) is 0 Å². The molecule has 2 aromatic carbocycles. The number of amides is 1. The molecule has 0 aliphatic heterocycles. The second kappa shape index (κ2) is 8.42. The van der Waals surface area contributed by atoms with Crippen LogP contribution in [0.5, 0.6) is 11.5 Å². The minimum atomic E-state index is -3.76. The van der Waals surface area contributed by atoms with E-state index in [4.69, 9.17) is 21.1 Å². The van der Waals surface area contributed by atoms with Gasteiger partial charge in [0.05, 0.1) is 25.2 Å². The first kappa shape index (κ1) is 20.1. The average molecular weight is 398 g/mol. The number of hydrogen-bond donors (Lipinski definition) is 1. The van der Waals surface area contributed by atoms with Gasteiger partial charge in [-0.1, -0.05) is 11.6 Å². The summed E-state index contributed by atoms with van der Waals surface area (Å²) in [5.41, 5.74) is 0.684. The fourth-order valence-electron chi connectivity index (χ4n) is 2.44. The maximum Gasteiger partial charge on any atom is 0.236 e. The summed E-state index contributed by atoms with van der Waals surface area (Å²) in [4.78, 5) is 12.3. The summed E-state index contributed by atoms with van der Waals surface area (Å²) < 4.78 is 35.2. The number of halogens is 1. The molecule has 2 rings (SSSR count). The number of carbonyl (C=O) groups is 1. The van der Waals surface area contributed by atoms with E-state index < -0.39 is 27.5 Å². The van der Waals surface area contributed by atoms with Crippen LogP contribution in [0.3, 0.4) is 0 Å². The second-order valence-electron chi connectivity index (χ2n) is 5.61. The third-order valence-electron chi connectivity index (χ3n) is 3.77. The number of rotatable bonds is 7. The lowest BCUT2D eigenvalue weighted by molar-refractivity contribution is -0.119. The Balaban J connectivity index is 2.13. The fourth-order valence-corrected chi connectivity index (χ4v) is 3.71. The van der Waals surface area contributed by atoms with Gasteiger partial charge in [0.2, 0.25) is 5.91 Å². The Hall–Kier alpha value is -2.25. The van der Waals surface area contributed by atoms with E-state index in [1.165, 1.54) is 38.5 Å². The second-order valence-corrected chi connectivity index (χ2v) is 8.04. The van der Waals surface area contributed by atoms with Gasteiger partial charge in [0.15, 0.2) is 9.84 Å². The molecule has 26 heavy (non-hydrogen) atoms. The van der Waals surface area contributed by atoms with Gasteiger partial charge in [-0.15, -0.1) is 0 Å². The van der Waals surface area contributed by atoms with Gasteiger partial charge in [0.25, 0.3) is 0 Å². The van der Waals surface area contributed by atoms with Crippen LogP contribution in [0.1, 0.15) is 18.5 Å². The summed E-state index contributed by atoms with van der Waals surface area (Å²) in [6.07, 6.45) is 0. The summed E-state index contributed by atoms with van der Waals surface area (Å²) in [7, 11) is -0.705. The van der Waals surface area contributed by atoms with Crippen molar-refractivity contribution >= 4 is 27.3 Å². The Morgan fingerprint density at radius 3 is 2.35 bits per heavy atom. The van der Waals surface area contributed by atoms with E-state index in [1.807, 2.05) is 0 Å². The van der Waals surface area contributed by atoms with Crippen molar-refractivity contribution in [2.75, 3.05) is 20.0 Å². The molecule has 0 saturated heterocycles. The lowest BCUT2D eigenvalue weighted by Gasteiger charge is -2.18. The SMILES string of the molecule is COc1ccc(OC)c(C(C)NC(=O)CS(=O)(=O)c2ccc(Cl)cc2)c1. The van der Waals surface area contributed by atoms with Crippen LogP contribution in [-0.2, 0) is 14.6 Å². The molecule has 140 valence electrons. The van der Waals surface area contributed by atoms with Gasteiger partial charge in [0.1, 0.15) is 17.3 Å². The first-order valence-electron chi connectivity index (χ1n) is 7.76. The molecule has 0 spiro atoms. The molecular formula is C18H20ClNO5S. The summed E-state index contributed by atoms with van der Waals surface area (Å²) in [6, 6.07) is 10.4. The van der Waals surface area contributed by atoms with Crippen molar-refractivity contribution in [3.63, 3.8) is 0 Å². The highest BCUT2D eigenvalue weighted by Gasteiger charge is 2.22. The first-order chi connectivity index (χ1) is 12.3. The van der Waals surface area contributed by atoms with Gasteiger partial charge in [-0.05, 0) is 49.4 Å². The van der Waals surface area contributed by atoms with Crippen LogP contribution >= 0.6 is 11.6 Å². The van der Waals surface area contributed by atoms with Gasteiger partial charge in [0, 0.05) is 10.6 Å². The number of carbonyl (C=O) groups excluding carboxylic acids is 1. The zero-order chi connectivity index (χ0) is 19.3. The van der Waals surface area contributed by atoms with Crippen molar-refractivity contribution < 1.29 is 22.7 Å². The number of benzene rings is 2. The number of nitrogens with one attached hydrogen (secondary N) is 1. The molecule has 1 unspecified atom stereocenters. The van der Waals surface area contributed by atoms with Gasteiger partial charge >= 0.3 is 0 Å². The highest BCUT2D eigenvalue weighted by Crippen LogP contribution is 2.29. The third kappa shape index (κ3) is 4.89. The Kier molecular flexibility index (Phi) is 6.50. The standard InChI is InChI=1S/C18H20ClNO5S/c1-12(16-10-14(24-2)6-9-17(16)25-3)20-18(21)11-26(22,23)15-7-4-13(19)5-8-15/h4-10,12H,11H2,1-3H3,(H,20,21). The maximum atomic E-state index is 12.3. The van der Waals surface area contributed by atoms with Crippen molar-refractivity contribution in [3.8, 4) is 11.5 Å². The van der Waals surface area contributed by atoms with Crippen molar-refractivity contribution in [1.82, 2.24) is 5.32 Å². The minimum absolute atomic E-state index is 0.0451. The number of methoxy groups -OCH3 is 2. The van der Waals surface area contributed by atoms with Gasteiger partial charge < -0.3 is 14.8 Å². The molecule has 0 fully saturated rings. The predicted octanol–water partition coefficient (Wildman–Crippen LogP) is 3.01. The van der Waals surface area contributed by atoms with Gasteiger partial charge in [-0.25, -0.2) is 8.42 Å². The lowest BCUT2D eigenvalue weighted by atomic mass is 10.1. The summed E-state index contributed by atoms with van der Waals surface area (Å²) in [6.45, 7) is 1.74. The smallest absolute Gasteiger partial charge is 0.236 e. The molecule has 1 atom stereocenters. The Morgan fingerprint density at radius 2 is 1.77 bits per heavy atom. The van der Waals surface area contributed by atoms with Crippen LogP contribution in [0.25, 0.3) is 0 Å². The molecular weight excluding hydrogens is 378 g/mol. The lowest BCUT2D eigenvalue weighted by Crippen LogP contribution is -2.32. The van der Waals surface area contributed by atoms with Crippen molar-refractivity contribution in [2.45, 2.75) is 17.9 Å². The van der Waals surface area contributed by atoms with E-state index in [-0.39, 0.29) is 4.90 Å². The molecule has 0 heterocycles. The molecule has 1 N–H and O–H groups in total. The number of sulfone groups is 1. The quantitative estimate of drug-likeness (QED) is 0.776. The highest BCUT2D eigenvalue weighted by molar-refractivity contribution is 7.92. The molecule has 6 nitrogen and oxygen atoms in total. The molecule has 0 saturated carbocycles. The zero-order valence-corrected chi connectivity index (χ0v) is 16.2. The number of hydrogen-bond acceptors (Lipinski definition) is 5. The Bertz CT molecular complexity index is 881. The minimum Gasteiger partial charge on any atom is -0.497 e. The molecule has 8 heteroatoms. The Morgan fingerprint density at radius 1 is 1.12 bits per heavy atom. The van der Waals surface area contributed by atoms with Crippen LogP contribution in [0.4, 0.5) is 0 Å². The van der Waals surface area contributed by atoms with Crippen LogP contribution < -0.4 is 14.8 Å². The normalized spacial score (nSPS) is 12.3. The van der Waals surface area contributed by atoms with Crippen molar-refractivity contribution in [3.05, 3.63) is 53.1 Å². The summed E-state index contributed by atoms with van der Waals surface area (Å²) in [5, 5.41) is 3.10. The fraction of sp³-hybridized carbons (Fsp3) is 0.278. The number of ether oxygens (including phenoxy) is 2. The maximum absolute atomic E-state index is 12.3. The van der Waals surface area contributed by atoms with Crippen LogP contribution in [0.15, 0.2) is 47.4 Å². The predicted molar refractivity (Wildman–Crippen MR) is 99.6 cm³/mol. The summed E-state index contributed by atoms with van der Waals surface area (Å²) >= 11 is 5.76. The summed E-state index contributed by atoms with van der Waals surface area (Å²) in [5.74, 6) is -0.0993. The molecule has 0 bridgehead atoms. The molecule has 0 aliphatic rings. The van der Waals surface area contributed by atoms with E-state index in [2.05, 4.69) is 5.32 Å². The van der Waals surface area contributed by atoms with Crippen molar-refractivity contribution in [2.24, 2.45) is 0 Å². The largest absolute Gasteiger partial charge is 0.497 e. The molecule has 0 aliphatic carbocycles. The zero-order valence-electron chi connectivity index (χ0n) is 14.7. The van der Waals surface area contributed by atoms with Crippen LogP contribution in [0.2, 0.25) is 5.02 Å². The molecule has 1 amide bonds. The monoisotopic (exact) mass is 397 g/mol. The molecule has 0 radical (unpaired) electrons. The molecule has 2 aromatic rings. The highest BCUT2D eigenvalue weighted by atomic mass is 35.5. The van der Waals surface area contributed by atoms with Gasteiger partial charge in [-0.3, -0.25) is 4.79 Å². The Labute approximate surface area is 158 Å². The molecule has 0 aromatic heterocycles. The van der Waals surface area contributed by atoms with Crippen molar-refractivity contribution in [1.29, 1.82) is 0 Å². The van der Waals surface area contributed by atoms with E-state index in [0.29, 0.717) is 22.1 Å². The topological polar surface area (TPSA) is 81.7 Å². The van der Waals surface area contributed by atoms with E-state index in [9.17, 15) is 13.2 Å². The first-order valence-corrected chi connectivity index (χ1v) is 9.79. The van der Waals surface area contributed by atoms with Crippen LogP contribution in [-0.4, -0.2) is 34.3 Å². The third-order valence-corrected chi connectivity index (χ3v) is 5.66. The van der Waals surface area contributed by atoms with Gasteiger partial charge in [-0.2, -0.15) is 0 Å².